The van der Waals surface area contributed by atoms with E-state index in [0.717, 1.165) is 38.5 Å². The van der Waals surface area contributed by atoms with E-state index in [4.69, 9.17) is 0 Å². The molecule has 0 saturated heterocycles. The van der Waals surface area contributed by atoms with Gasteiger partial charge in [-0.1, -0.05) is 53.2 Å². The number of rotatable bonds is 1. The molecule has 0 aromatic heterocycles. The van der Waals surface area contributed by atoms with Crippen LogP contribution >= 0.6 is 0 Å². The van der Waals surface area contributed by atoms with Crippen LogP contribution in [0.5, 0.6) is 0 Å². The average Bonchev–Trinajstić information content (AvgIpc) is 2.91. The fraction of sp³-hybridized carbons (Fsp3) is 0.933. The van der Waals surface area contributed by atoms with Gasteiger partial charge in [-0.15, -0.1) is 0 Å². The normalized spacial score (nSPS) is 55.8. The van der Waals surface area contributed by atoms with Crippen molar-refractivity contribution in [1.82, 2.24) is 0 Å². The zero-order valence-corrected chi connectivity index (χ0v) is 22.2. The molecule has 188 valence electrons. The highest BCUT2D eigenvalue weighted by Gasteiger charge is 2.63. The molecule has 3 nitrogen and oxygen atoms in total. The van der Waals surface area contributed by atoms with Crippen molar-refractivity contribution in [2.45, 2.75) is 118 Å². The molecule has 10 atom stereocenters. The number of fused-ring (bicyclic) bond motifs is 6. The average molecular weight is 459 g/mol. The van der Waals surface area contributed by atoms with E-state index in [0.29, 0.717) is 34.5 Å². The molecule has 0 aromatic rings. The van der Waals surface area contributed by atoms with Gasteiger partial charge in [0, 0.05) is 5.41 Å². The van der Waals surface area contributed by atoms with Gasteiger partial charge in [-0.05, 0) is 110 Å². The summed E-state index contributed by atoms with van der Waals surface area (Å²) in [5.74, 6) is 2.25. The topological polar surface area (TPSA) is 60.7 Å². The van der Waals surface area contributed by atoms with Crippen molar-refractivity contribution in [3.63, 3.8) is 0 Å². The summed E-state index contributed by atoms with van der Waals surface area (Å²) in [4.78, 5) is 0. The first-order chi connectivity index (χ1) is 15.3. The highest BCUT2D eigenvalue weighted by molar-refractivity contribution is 5.25. The first-order valence-corrected chi connectivity index (χ1v) is 14.0. The van der Waals surface area contributed by atoms with Crippen molar-refractivity contribution in [1.29, 1.82) is 0 Å². The summed E-state index contributed by atoms with van der Waals surface area (Å²) in [6, 6.07) is 0. The number of allylic oxidation sites excluding steroid dienone is 2. The lowest BCUT2D eigenvalue weighted by Crippen LogP contribution is -2.60. The molecular weight excluding hydrogens is 408 g/mol. The van der Waals surface area contributed by atoms with Crippen LogP contribution in [0.3, 0.4) is 0 Å². The van der Waals surface area contributed by atoms with Crippen LogP contribution in [0.1, 0.15) is 106 Å². The van der Waals surface area contributed by atoms with Gasteiger partial charge in [-0.3, -0.25) is 0 Å². The summed E-state index contributed by atoms with van der Waals surface area (Å²) in [6.07, 6.45) is 13.3. The van der Waals surface area contributed by atoms with Gasteiger partial charge in [0.2, 0.25) is 0 Å². The Morgan fingerprint density at radius 1 is 0.758 bits per heavy atom. The lowest BCUT2D eigenvalue weighted by molar-refractivity contribution is -0.189. The standard InChI is InChI=1S/C30H50O3/c1-26(2)21-9-7-19-17-27(3)14-11-23-29(5,16-13-25(33)30(23,6)18-31)22(27)10-8-20(19)28(21,4)15-12-24(26)32/h7,20-25,31-33H,8-18H2,1-6H3. The van der Waals surface area contributed by atoms with Crippen LogP contribution in [0.15, 0.2) is 11.6 Å². The molecule has 4 fully saturated rings. The van der Waals surface area contributed by atoms with Gasteiger partial charge >= 0.3 is 0 Å². The minimum atomic E-state index is -0.378. The third-order valence-corrected chi connectivity index (χ3v) is 13.0. The summed E-state index contributed by atoms with van der Waals surface area (Å²) < 4.78 is 0. The van der Waals surface area contributed by atoms with Crippen LogP contribution in [-0.2, 0) is 0 Å². The molecule has 0 spiro atoms. The molecule has 0 radical (unpaired) electrons. The summed E-state index contributed by atoms with van der Waals surface area (Å²) in [6.45, 7) is 14.5. The van der Waals surface area contributed by atoms with Gasteiger partial charge in [0.15, 0.2) is 0 Å². The molecule has 33 heavy (non-hydrogen) atoms. The molecule has 0 aromatic carbocycles. The smallest absolute Gasteiger partial charge is 0.0618 e. The largest absolute Gasteiger partial charge is 0.396 e. The second-order valence-electron chi connectivity index (χ2n) is 14.8. The van der Waals surface area contributed by atoms with Crippen molar-refractivity contribution in [3.05, 3.63) is 11.6 Å². The van der Waals surface area contributed by atoms with E-state index >= 15 is 0 Å². The summed E-state index contributed by atoms with van der Waals surface area (Å²) in [5.41, 5.74) is 2.15. The molecule has 0 amide bonds. The number of aliphatic hydroxyl groups excluding tert-OH is 3. The fourth-order valence-electron chi connectivity index (χ4n) is 11.0. The van der Waals surface area contributed by atoms with Gasteiger partial charge in [0.1, 0.15) is 0 Å². The highest BCUT2D eigenvalue weighted by atomic mass is 16.3. The Labute approximate surface area is 202 Å². The summed E-state index contributed by atoms with van der Waals surface area (Å²) in [7, 11) is 0. The Kier molecular flexibility index (Phi) is 5.57. The maximum atomic E-state index is 10.9. The second-order valence-corrected chi connectivity index (χ2v) is 14.8. The van der Waals surface area contributed by atoms with Crippen molar-refractivity contribution in [2.24, 2.45) is 50.7 Å². The predicted molar refractivity (Wildman–Crippen MR) is 134 cm³/mol. The molecule has 5 rings (SSSR count). The van der Waals surface area contributed by atoms with E-state index in [2.05, 4.69) is 47.6 Å². The van der Waals surface area contributed by atoms with Crippen LogP contribution in [0, 0.1) is 50.7 Å². The van der Waals surface area contributed by atoms with Crippen molar-refractivity contribution in [3.8, 4) is 0 Å². The van der Waals surface area contributed by atoms with Gasteiger partial charge in [0.05, 0.1) is 18.8 Å². The van der Waals surface area contributed by atoms with E-state index in [9.17, 15) is 15.3 Å². The molecule has 5 aliphatic rings. The monoisotopic (exact) mass is 458 g/mol. The summed E-state index contributed by atoms with van der Waals surface area (Å²) in [5, 5.41) is 32.2. The number of aliphatic hydroxyl groups is 3. The first kappa shape index (κ1) is 24.3. The fourth-order valence-corrected chi connectivity index (χ4v) is 11.0. The van der Waals surface area contributed by atoms with Gasteiger partial charge in [0.25, 0.3) is 0 Å². The van der Waals surface area contributed by atoms with Crippen LogP contribution < -0.4 is 0 Å². The molecule has 0 heterocycles. The summed E-state index contributed by atoms with van der Waals surface area (Å²) >= 11 is 0. The van der Waals surface area contributed by atoms with Gasteiger partial charge < -0.3 is 15.3 Å². The minimum absolute atomic E-state index is 0.0164. The Morgan fingerprint density at radius 3 is 2.12 bits per heavy atom. The lowest BCUT2D eigenvalue weighted by atomic mass is 9.42. The number of hydrogen-bond donors (Lipinski definition) is 3. The third-order valence-electron chi connectivity index (χ3n) is 13.0. The maximum absolute atomic E-state index is 10.9. The first-order valence-electron chi connectivity index (χ1n) is 14.0. The highest BCUT2D eigenvalue weighted by Crippen LogP contribution is 2.70. The Morgan fingerprint density at radius 2 is 1.42 bits per heavy atom. The van der Waals surface area contributed by atoms with E-state index < -0.39 is 0 Å². The molecule has 10 unspecified atom stereocenters. The van der Waals surface area contributed by atoms with E-state index in [1.807, 2.05) is 0 Å². The molecule has 4 saturated carbocycles. The molecular formula is C30H50O3. The quantitative estimate of drug-likeness (QED) is 0.415. The van der Waals surface area contributed by atoms with E-state index in [-0.39, 0.29) is 35.1 Å². The van der Waals surface area contributed by atoms with Crippen LogP contribution in [0.25, 0.3) is 0 Å². The zero-order valence-electron chi connectivity index (χ0n) is 22.2. The molecule has 0 aliphatic heterocycles. The van der Waals surface area contributed by atoms with Crippen molar-refractivity contribution >= 4 is 0 Å². The van der Waals surface area contributed by atoms with E-state index in [1.54, 1.807) is 5.57 Å². The van der Waals surface area contributed by atoms with Gasteiger partial charge in [-0.2, -0.15) is 0 Å². The molecule has 5 aliphatic carbocycles. The van der Waals surface area contributed by atoms with Gasteiger partial charge in [-0.25, -0.2) is 0 Å². The molecule has 3 N–H and O–H groups in total. The molecule has 3 heteroatoms. The van der Waals surface area contributed by atoms with Crippen LogP contribution in [0.4, 0.5) is 0 Å². The Hall–Kier alpha value is -0.380. The second kappa shape index (κ2) is 7.56. The minimum Gasteiger partial charge on any atom is -0.396 e. The third kappa shape index (κ3) is 3.17. The van der Waals surface area contributed by atoms with Crippen LogP contribution in [0.2, 0.25) is 0 Å². The maximum Gasteiger partial charge on any atom is 0.0618 e. The predicted octanol–water partition coefficient (Wildman–Crippen LogP) is 6.11. The van der Waals surface area contributed by atoms with E-state index in [1.165, 1.54) is 25.7 Å². The van der Waals surface area contributed by atoms with Crippen molar-refractivity contribution < 1.29 is 15.3 Å². The number of hydrogen-bond acceptors (Lipinski definition) is 3. The zero-order chi connectivity index (χ0) is 24.0. The van der Waals surface area contributed by atoms with Crippen LogP contribution in [-0.4, -0.2) is 34.1 Å². The van der Waals surface area contributed by atoms with Crippen molar-refractivity contribution in [2.75, 3.05) is 6.61 Å². The Bertz CT molecular complexity index is 817. The Balaban J connectivity index is 1.50. The SMILES string of the molecule is CC12CCC3C(C)(CO)C(O)CCC3(C)C1CCC1C(=CCC3C(C)(C)C(O)CCC13C)C2. The molecule has 0 bridgehead atoms. The lowest BCUT2D eigenvalue weighted by Gasteiger charge is -2.64.